The quantitative estimate of drug-likeness (QED) is 0.732. The van der Waals surface area contributed by atoms with Crippen molar-refractivity contribution in [2.45, 2.75) is 32.9 Å². The van der Waals surface area contributed by atoms with Crippen molar-refractivity contribution in [1.82, 2.24) is 10.3 Å². The molecule has 2 heterocycles. The number of nitrogens with two attached hydrogens (primary N) is 1. The number of carbonyl (C=O) groups is 2. The summed E-state index contributed by atoms with van der Waals surface area (Å²) in [5, 5.41) is 7.65. The Morgan fingerprint density at radius 3 is 2.83 bits per heavy atom. The summed E-state index contributed by atoms with van der Waals surface area (Å²) < 4.78 is 5.60. The standard InChI is InChI=1S/C14H18N4O3S.ClH/c1-8(15)5-13(20)18-14-17-11(7-22-14)12-4-3-10(21-12)6-16-9(2)19;/h3-4,7-8H,5-6,15H2,1-2H3,(H,16,19)(H,17,18,20);1H. The zero-order valence-corrected chi connectivity index (χ0v) is 14.4. The molecular weight excluding hydrogens is 340 g/mol. The van der Waals surface area contributed by atoms with Gasteiger partial charge in [-0.25, -0.2) is 4.98 Å². The highest BCUT2D eigenvalue weighted by Gasteiger charge is 2.12. The molecule has 0 radical (unpaired) electrons. The van der Waals surface area contributed by atoms with E-state index < -0.39 is 0 Å². The summed E-state index contributed by atoms with van der Waals surface area (Å²) in [5.74, 6) is 0.942. The average molecular weight is 359 g/mol. The van der Waals surface area contributed by atoms with Gasteiger partial charge in [0.2, 0.25) is 11.8 Å². The van der Waals surface area contributed by atoms with Gasteiger partial charge in [-0.15, -0.1) is 23.7 Å². The SMILES string of the molecule is CC(=O)NCc1ccc(-c2csc(NC(=O)CC(C)N)n2)o1.Cl. The molecule has 0 fully saturated rings. The molecular formula is C14H19ClN4O3S. The monoisotopic (exact) mass is 358 g/mol. The van der Waals surface area contributed by atoms with Gasteiger partial charge in [-0.3, -0.25) is 9.59 Å². The first kappa shape index (κ1) is 19.1. The average Bonchev–Trinajstić information content (AvgIpc) is 3.03. The Morgan fingerprint density at radius 2 is 2.17 bits per heavy atom. The molecule has 126 valence electrons. The third kappa shape index (κ3) is 6.01. The normalized spacial score (nSPS) is 11.4. The summed E-state index contributed by atoms with van der Waals surface area (Å²) in [6.45, 7) is 3.55. The first-order valence-electron chi connectivity index (χ1n) is 6.78. The number of halogens is 1. The van der Waals surface area contributed by atoms with Crippen molar-refractivity contribution in [2.75, 3.05) is 5.32 Å². The van der Waals surface area contributed by atoms with Crippen LogP contribution in [0.1, 0.15) is 26.0 Å². The minimum absolute atomic E-state index is 0. The molecule has 2 amide bonds. The van der Waals surface area contributed by atoms with Crippen molar-refractivity contribution in [3.05, 3.63) is 23.3 Å². The van der Waals surface area contributed by atoms with E-state index in [0.29, 0.717) is 28.9 Å². The number of amides is 2. The molecule has 23 heavy (non-hydrogen) atoms. The highest BCUT2D eigenvalue weighted by molar-refractivity contribution is 7.14. The number of hydrogen-bond acceptors (Lipinski definition) is 6. The van der Waals surface area contributed by atoms with E-state index in [1.165, 1.54) is 18.3 Å². The Labute approximate surface area is 144 Å². The summed E-state index contributed by atoms with van der Waals surface area (Å²) in [7, 11) is 0. The van der Waals surface area contributed by atoms with E-state index in [-0.39, 0.29) is 36.7 Å². The van der Waals surface area contributed by atoms with Crippen LogP contribution in [-0.2, 0) is 16.1 Å². The van der Waals surface area contributed by atoms with E-state index in [2.05, 4.69) is 15.6 Å². The predicted molar refractivity (Wildman–Crippen MR) is 91.5 cm³/mol. The molecule has 0 aliphatic carbocycles. The van der Waals surface area contributed by atoms with Gasteiger partial charge in [0.05, 0.1) is 6.54 Å². The summed E-state index contributed by atoms with van der Waals surface area (Å²) >= 11 is 1.31. The zero-order valence-electron chi connectivity index (χ0n) is 12.8. The topological polar surface area (TPSA) is 110 Å². The van der Waals surface area contributed by atoms with Crippen LogP contribution >= 0.6 is 23.7 Å². The van der Waals surface area contributed by atoms with Gasteiger partial charge in [0, 0.05) is 24.8 Å². The second-order valence-corrected chi connectivity index (χ2v) is 5.80. The molecule has 0 aromatic carbocycles. The van der Waals surface area contributed by atoms with Crippen LogP contribution in [0.5, 0.6) is 0 Å². The lowest BCUT2D eigenvalue weighted by Gasteiger charge is -2.03. The second-order valence-electron chi connectivity index (χ2n) is 4.94. The maximum absolute atomic E-state index is 11.6. The van der Waals surface area contributed by atoms with Crippen LogP contribution < -0.4 is 16.4 Å². The number of aromatic nitrogens is 1. The van der Waals surface area contributed by atoms with Crippen LogP contribution in [-0.4, -0.2) is 22.8 Å². The van der Waals surface area contributed by atoms with Gasteiger partial charge in [-0.1, -0.05) is 0 Å². The molecule has 2 aromatic rings. The molecule has 0 saturated carbocycles. The third-order valence-corrected chi connectivity index (χ3v) is 3.44. The Balaban J connectivity index is 0.00000264. The van der Waals surface area contributed by atoms with Crippen LogP contribution in [0.2, 0.25) is 0 Å². The van der Waals surface area contributed by atoms with Crippen molar-refractivity contribution in [3.63, 3.8) is 0 Å². The highest BCUT2D eigenvalue weighted by Crippen LogP contribution is 2.26. The minimum Gasteiger partial charge on any atom is -0.458 e. The highest BCUT2D eigenvalue weighted by atomic mass is 35.5. The number of thiazole rings is 1. The van der Waals surface area contributed by atoms with Crippen molar-refractivity contribution < 1.29 is 14.0 Å². The number of rotatable bonds is 6. The smallest absolute Gasteiger partial charge is 0.227 e. The van der Waals surface area contributed by atoms with Crippen molar-refractivity contribution >= 4 is 40.7 Å². The van der Waals surface area contributed by atoms with E-state index in [4.69, 9.17) is 10.2 Å². The third-order valence-electron chi connectivity index (χ3n) is 2.68. The number of carbonyl (C=O) groups excluding carboxylic acids is 2. The number of nitrogens with zero attached hydrogens (tertiary/aromatic N) is 1. The maximum atomic E-state index is 11.6. The Morgan fingerprint density at radius 1 is 1.43 bits per heavy atom. The van der Waals surface area contributed by atoms with E-state index in [0.717, 1.165) is 0 Å². The van der Waals surface area contributed by atoms with Gasteiger partial charge in [0.1, 0.15) is 11.5 Å². The fraction of sp³-hybridized carbons (Fsp3) is 0.357. The lowest BCUT2D eigenvalue weighted by atomic mass is 10.2. The lowest BCUT2D eigenvalue weighted by Crippen LogP contribution is -2.23. The predicted octanol–water partition coefficient (Wildman–Crippen LogP) is 2.14. The van der Waals surface area contributed by atoms with Gasteiger partial charge in [0.15, 0.2) is 10.9 Å². The summed E-state index contributed by atoms with van der Waals surface area (Å²) in [5.41, 5.74) is 6.21. The lowest BCUT2D eigenvalue weighted by molar-refractivity contribution is -0.119. The Kier molecular flexibility index (Phi) is 7.21. The van der Waals surface area contributed by atoms with E-state index in [1.807, 2.05) is 0 Å². The van der Waals surface area contributed by atoms with E-state index in [9.17, 15) is 9.59 Å². The summed E-state index contributed by atoms with van der Waals surface area (Å²) in [6.07, 6.45) is 0.247. The van der Waals surface area contributed by atoms with Crippen LogP contribution in [0.25, 0.3) is 11.5 Å². The molecule has 0 aliphatic heterocycles. The van der Waals surface area contributed by atoms with Crippen LogP contribution in [0.3, 0.4) is 0 Å². The molecule has 0 aliphatic rings. The molecule has 2 aromatic heterocycles. The Hall–Kier alpha value is -1.90. The van der Waals surface area contributed by atoms with Gasteiger partial charge in [-0.2, -0.15) is 0 Å². The van der Waals surface area contributed by atoms with Gasteiger partial charge >= 0.3 is 0 Å². The van der Waals surface area contributed by atoms with E-state index in [1.54, 1.807) is 24.4 Å². The molecule has 1 atom stereocenters. The fourth-order valence-electron chi connectivity index (χ4n) is 1.73. The van der Waals surface area contributed by atoms with Crippen LogP contribution in [0.15, 0.2) is 21.9 Å². The largest absolute Gasteiger partial charge is 0.458 e. The zero-order chi connectivity index (χ0) is 16.1. The number of furan rings is 1. The molecule has 1 unspecified atom stereocenters. The summed E-state index contributed by atoms with van der Waals surface area (Å²) in [4.78, 5) is 26.8. The van der Waals surface area contributed by atoms with Crippen molar-refractivity contribution in [3.8, 4) is 11.5 Å². The van der Waals surface area contributed by atoms with Gasteiger partial charge in [-0.05, 0) is 19.1 Å². The molecule has 0 bridgehead atoms. The summed E-state index contributed by atoms with van der Waals surface area (Å²) in [6, 6.07) is 3.36. The number of anilines is 1. The molecule has 4 N–H and O–H groups in total. The molecule has 9 heteroatoms. The number of nitrogens with one attached hydrogen (secondary N) is 2. The first-order valence-corrected chi connectivity index (χ1v) is 7.66. The van der Waals surface area contributed by atoms with Crippen LogP contribution in [0, 0.1) is 0 Å². The number of hydrogen-bond donors (Lipinski definition) is 3. The second kappa shape index (κ2) is 8.66. The molecule has 7 nitrogen and oxygen atoms in total. The fourth-order valence-corrected chi connectivity index (χ4v) is 2.45. The van der Waals surface area contributed by atoms with E-state index >= 15 is 0 Å². The van der Waals surface area contributed by atoms with Gasteiger partial charge in [0.25, 0.3) is 0 Å². The Bertz CT molecular complexity index is 669. The van der Waals surface area contributed by atoms with Crippen LogP contribution in [0.4, 0.5) is 5.13 Å². The first-order chi connectivity index (χ1) is 10.4. The molecule has 2 rings (SSSR count). The molecule has 0 spiro atoms. The molecule has 0 saturated heterocycles. The minimum atomic E-state index is -0.194. The maximum Gasteiger partial charge on any atom is 0.227 e. The van der Waals surface area contributed by atoms with Crippen molar-refractivity contribution in [2.24, 2.45) is 5.73 Å². The van der Waals surface area contributed by atoms with Gasteiger partial charge < -0.3 is 20.8 Å². The van der Waals surface area contributed by atoms with Crippen molar-refractivity contribution in [1.29, 1.82) is 0 Å².